The SMILES string of the molecule is c1ccc(-c2ncc(NC3CCCC3)cn2)cc1. The van der Waals surface area contributed by atoms with Gasteiger partial charge in [-0.2, -0.15) is 0 Å². The van der Waals surface area contributed by atoms with E-state index in [9.17, 15) is 0 Å². The summed E-state index contributed by atoms with van der Waals surface area (Å²) in [6.07, 6.45) is 8.96. The Morgan fingerprint density at radius 3 is 2.28 bits per heavy atom. The minimum absolute atomic E-state index is 0.608. The van der Waals surface area contributed by atoms with Gasteiger partial charge < -0.3 is 5.32 Å². The van der Waals surface area contributed by atoms with E-state index in [4.69, 9.17) is 0 Å². The van der Waals surface area contributed by atoms with Crippen LogP contribution in [-0.4, -0.2) is 16.0 Å². The van der Waals surface area contributed by atoms with E-state index in [1.807, 2.05) is 42.7 Å². The molecule has 1 N–H and O–H groups in total. The summed E-state index contributed by atoms with van der Waals surface area (Å²) in [5.74, 6) is 0.785. The van der Waals surface area contributed by atoms with Crippen LogP contribution in [0.25, 0.3) is 11.4 Å². The van der Waals surface area contributed by atoms with Crippen LogP contribution in [0.5, 0.6) is 0 Å². The molecular weight excluding hydrogens is 222 g/mol. The number of anilines is 1. The topological polar surface area (TPSA) is 37.8 Å². The summed E-state index contributed by atoms with van der Waals surface area (Å²) in [7, 11) is 0. The quantitative estimate of drug-likeness (QED) is 0.890. The van der Waals surface area contributed by atoms with Gasteiger partial charge in [-0.05, 0) is 12.8 Å². The molecule has 1 aliphatic rings. The highest BCUT2D eigenvalue weighted by Crippen LogP contribution is 2.22. The predicted octanol–water partition coefficient (Wildman–Crippen LogP) is 3.50. The van der Waals surface area contributed by atoms with Crippen LogP contribution in [0.1, 0.15) is 25.7 Å². The molecule has 0 bridgehead atoms. The van der Waals surface area contributed by atoms with Crippen molar-refractivity contribution in [3.8, 4) is 11.4 Å². The molecule has 1 fully saturated rings. The van der Waals surface area contributed by atoms with Crippen LogP contribution in [0.4, 0.5) is 5.69 Å². The molecule has 0 amide bonds. The van der Waals surface area contributed by atoms with Crippen molar-refractivity contribution in [3.05, 3.63) is 42.7 Å². The van der Waals surface area contributed by atoms with E-state index in [0.717, 1.165) is 17.1 Å². The smallest absolute Gasteiger partial charge is 0.159 e. The molecule has 1 aromatic heterocycles. The molecule has 1 aromatic carbocycles. The lowest BCUT2D eigenvalue weighted by Gasteiger charge is -2.12. The van der Waals surface area contributed by atoms with E-state index < -0.39 is 0 Å². The summed E-state index contributed by atoms with van der Waals surface area (Å²) >= 11 is 0. The molecule has 3 nitrogen and oxygen atoms in total. The molecule has 0 atom stereocenters. The Morgan fingerprint density at radius 1 is 0.944 bits per heavy atom. The molecule has 0 radical (unpaired) electrons. The minimum Gasteiger partial charge on any atom is -0.380 e. The Labute approximate surface area is 107 Å². The van der Waals surface area contributed by atoms with Gasteiger partial charge in [-0.3, -0.25) is 0 Å². The summed E-state index contributed by atoms with van der Waals surface area (Å²) in [6.45, 7) is 0. The van der Waals surface area contributed by atoms with E-state index >= 15 is 0 Å². The van der Waals surface area contributed by atoms with Crippen molar-refractivity contribution in [3.63, 3.8) is 0 Å². The van der Waals surface area contributed by atoms with Crippen LogP contribution in [0.3, 0.4) is 0 Å². The van der Waals surface area contributed by atoms with E-state index in [0.29, 0.717) is 6.04 Å². The second kappa shape index (κ2) is 5.17. The van der Waals surface area contributed by atoms with Gasteiger partial charge in [0, 0.05) is 11.6 Å². The third kappa shape index (κ3) is 2.50. The number of rotatable bonds is 3. The summed E-state index contributed by atoms with van der Waals surface area (Å²) in [5.41, 5.74) is 2.09. The molecule has 1 heterocycles. The Kier molecular flexibility index (Phi) is 3.22. The number of hydrogen-bond acceptors (Lipinski definition) is 3. The highest BCUT2D eigenvalue weighted by Gasteiger charge is 2.14. The Morgan fingerprint density at radius 2 is 1.61 bits per heavy atom. The van der Waals surface area contributed by atoms with Gasteiger partial charge >= 0.3 is 0 Å². The van der Waals surface area contributed by atoms with Gasteiger partial charge in [-0.25, -0.2) is 9.97 Å². The van der Waals surface area contributed by atoms with Crippen LogP contribution >= 0.6 is 0 Å². The average molecular weight is 239 g/mol. The maximum atomic E-state index is 4.42. The predicted molar refractivity (Wildman–Crippen MR) is 73.3 cm³/mol. The van der Waals surface area contributed by atoms with E-state index in [2.05, 4.69) is 15.3 Å². The van der Waals surface area contributed by atoms with E-state index in [-0.39, 0.29) is 0 Å². The van der Waals surface area contributed by atoms with Gasteiger partial charge in [-0.15, -0.1) is 0 Å². The summed E-state index contributed by atoms with van der Waals surface area (Å²) in [6, 6.07) is 10.7. The second-order valence-corrected chi connectivity index (χ2v) is 4.79. The Hall–Kier alpha value is -1.90. The molecule has 0 saturated heterocycles. The maximum absolute atomic E-state index is 4.42. The maximum Gasteiger partial charge on any atom is 0.159 e. The third-order valence-corrected chi connectivity index (χ3v) is 3.41. The largest absolute Gasteiger partial charge is 0.380 e. The number of nitrogens with one attached hydrogen (secondary N) is 1. The third-order valence-electron chi connectivity index (χ3n) is 3.41. The zero-order valence-electron chi connectivity index (χ0n) is 10.3. The molecule has 1 aliphatic carbocycles. The Balaban J connectivity index is 1.72. The Bertz CT molecular complexity index is 487. The van der Waals surface area contributed by atoms with E-state index in [1.165, 1.54) is 25.7 Å². The first kappa shape index (κ1) is 11.2. The molecule has 0 spiro atoms. The monoisotopic (exact) mass is 239 g/mol. The van der Waals surface area contributed by atoms with Crippen molar-refractivity contribution in [2.24, 2.45) is 0 Å². The van der Waals surface area contributed by atoms with E-state index in [1.54, 1.807) is 0 Å². The summed E-state index contributed by atoms with van der Waals surface area (Å²) in [5, 5.41) is 3.49. The molecular formula is C15H17N3. The standard InChI is InChI=1S/C15H17N3/c1-2-6-12(7-3-1)15-16-10-14(11-17-15)18-13-8-4-5-9-13/h1-3,6-7,10-11,13,18H,4-5,8-9H2. The fourth-order valence-electron chi connectivity index (χ4n) is 2.44. The fourth-order valence-corrected chi connectivity index (χ4v) is 2.44. The summed E-state index contributed by atoms with van der Waals surface area (Å²) in [4.78, 5) is 8.83. The first-order valence-electron chi connectivity index (χ1n) is 6.56. The lowest BCUT2D eigenvalue weighted by atomic mass is 10.2. The van der Waals surface area contributed by atoms with Crippen molar-refractivity contribution in [1.29, 1.82) is 0 Å². The number of hydrogen-bond donors (Lipinski definition) is 1. The van der Waals surface area contributed by atoms with Gasteiger partial charge in [0.05, 0.1) is 18.1 Å². The second-order valence-electron chi connectivity index (χ2n) is 4.79. The molecule has 18 heavy (non-hydrogen) atoms. The van der Waals surface area contributed by atoms with Gasteiger partial charge in [0.25, 0.3) is 0 Å². The first-order valence-corrected chi connectivity index (χ1v) is 6.56. The van der Waals surface area contributed by atoms with Gasteiger partial charge in [0.15, 0.2) is 5.82 Å². The molecule has 2 aromatic rings. The fraction of sp³-hybridized carbons (Fsp3) is 0.333. The van der Waals surface area contributed by atoms with Crippen LogP contribution < -0.4 is 5.32 Å². The number of benzene rings is 1. The van der Waals surface area contributed by atoms with Crippen LogP contribution in [0, 0.1) is 0 Å². The van der Waals surface area contributed by atoms with Crippen molar-refractivity contribution in [2.45, 2.75) is 31.7 Å². The molecule has 1 saturated carbocycles. The molecule has 0 aliphatic heterocycles. The van der Waals surface area contributed by atoms with Crippen LogP contribution in [0.2, 0.25) is 0 Å². The lowest BCUT2D eigenvalue weighted by molar-refractivity contribution is 0.754. The van der Waals surface area contributed by atoms with Gasteiger partial charge in [0.1, 0.15) is 0 Å². The number of aromatic nitrogens is 2. The molecule has 3 rings (SSSR count). The zero-order chi connectivity index (χ0) is 12.2. The normalized spacial score (nSPS) is 15.8. The molecule has 0 unspecified atom stereocenters. The van der Waals surface area contributed by atoms with Crippen molar-refractivity contribution < 1.29 is 0 Å². The van der Waals surface area contributed by atoms with Crippen molar-refractivity contribution >= 4 is 5.69 Å². The zero-order valence-corrected chi connectivity index (χ0v) is 10.3. The van der Waals surface area contributed by atoms with Gasteiger partial charge in [0.2, 0.25) is 0 Å². The first-order chi connectivity index (χ1) is 8.92. The molecule has 3 heteroatoms. The molecule has 92 valence electrons. The lowest BCUT2D eigenvalue weighted by Crippen LogP contribution is -2.14. The number of nitrogens with zero attached hydrogens (tertiary/aromatic N) is 2. The summed E-state index contributed by atoms with van der Waals surface area (Å²) < 4.78 is 0. The highest BCUT2D eigenvalue weighted by molar-refractivity contribution is 5.55. The average Bonchev–Trinajstić information content (AvgIpc) is 2.94. The van der Waals surface area contributed by atoms with Crippen molar-refractivity contribution in [1.82, 2.24) is 9.97 Å². The van der Waals surface area contributed by atoms with Crippen LogP contribution in [0.15, 0.2) is 42.7 Å². The van der Waals surface area contributed by atoms with Gasteiger partial charge in [-0.1, -0.05) is 43.2 Å². The van der Waals surface area contributed by atoms with Crippen LogP contribution in [-0.2, 0) is 0 Å². The highest BCUT2D eigenvalue weighted by atomic mass is 15.0. The van der Waals surface area contributed by atoms with Crippen molar-refractivity contribution in [2.75, 3.05) is 5.32 Å². The minimum atomic E-state index is 0.608.